The number of hydrogen-bond donors (Lipinski definition) is 1. The Bertz CT molecular complexity index is 267. The maximum absolute atomic E-state index is 4.30. The normalized spacial score (nSPS) is 21.3. The average molecular weight is 225 g/mol. The van der Waals surface area contributed by atoms with Crippen molar-refractivity contribution in [1.82, 2.24) is 15.2 Å². The molecular formula is C11H19N3S. The van der Waals surface area contributed by atoms with E-state index in [1.165, 1.54) is 38.2 Å². The lowest BCUT2D eigenvalue weighted by molar-refractivity contribution is 0.295. The van der Waals surface area contributed by atoms with Crippen LogP contribution in [0.1, 0.15) is 18.5 Å². The molecule has 1 N–H and O–H groups in total. The van der Waals surface area contributed by atoms with Crippen LogP contribution in [-0.2, 0) is 6.54 Å². The molecule has 1 aliphatic heterocycles. The van der Waals surface area contributed by atoms with Crippen LogP contribution in [0.3, 0.4) is 0 Å². The first-order valence-corrected chi connectivity index (χ1v) is 6.55. The summed E-state index contributed by atoms with van der Waals surface area (Å²) in [6.45, 7) is 4.60. The third kappa shape index (κ3) is 3.55. The fourth-order valence-electron chi connectivity index (χ4n) is 2.04. The molecule has 0 aromatic carbocycles. The monoisotopic (exact) mass is 225 g/mol. The van der Waals surface area contributed by atoms with E-state index in [1.807, 2.05) is 5.51 Å². The van der Waals surface area contributed by atoms with Gasteiger partial charge in [-0.3, -0.25) is 0 Å². The van der Waals surface area contributed by atoms with Gasteiger partial charge in [-0.15, -0.1) is 11.3 Å². The van der Waals surface area contributed by atoms with Crippen molar-refractivity contribution >= 4 is 11.3 Å². The number of nitrogens with one attached hydrogen (secondary N) is 1. The van der Waals surface area contributed by atoms with Crippen molar-refractivity contribution in [1.29, 1.82) is 0 Å². The van der Waals surface area contributed by atoms with Crippen LogP contribution >= 0.6 is 11.3 Å². The van der Waals surface area contributed by atoms with E-state index in [0.29, 0.717) is 0 Å². The lowest BCUT2D eigenvalue weighted by Gasteiger charge is -2.17. The van der Waals surface area contributed by atoms with Crippen LogP contribution in [-0.4, -0.2) is 36.6 Å². The molecule has 1 fully saturated rings. The molecule has 0 amide bonds. The Morgan fingerprint density at radius 1 is 1.67 bits per heavy atom. The number of thiazole rings is 1. The second-order valence-electron chi connectivity index (χ2n) is 4.37. The lowest BCUT2D eigenvalue weighted by atomic mass is 10.1. The summed E-state index contributed by atoms with van der Waals surface area (Å²) in [6.07, 6.45) is 2.66. The number of nitrogens with zero attached hydrogens (tertiary/aromatic N) is 2. The summed E-state index contributed by atoms with van der Waals surface area (Å²) in [4.78, 5) is 6.67. The summed E-state index contributed by atoms with van der Waals surface area (Å²) in [5.41, 5.74) is 3.11. The highest BCUT2D eigenvalue weighted by molar-refractivity contribution is 7.07. The van der Waals surface area contributed by atoms with Gasteiger partial charge in [0.25, 0.3) is 0 Å². The van der Waals surface area contributed by atoms with E-state index < -0.39 is 0 Å². The van der Waals surface area contributed by atoms with Gasteiger partial charge < -0.3 is 10.2 Å². The standard InChI is InChI=1S/C11H19N3S/c1-14(7-11-8-15-9-13-11)5-3-10-2-4-12-6-10/h8-10,12H,2-7H2,1H3. The van der Waals surface area contributed by atoms with Crippen molar-refractivity contribution in [3.05, 3.63) is 16.6 Å². The fraction of sp³-hybridized carbons (Fsp3) is 0.727. The lowest BCUT2D eigenvalue weighted by Crippen LogP contribution is -2.22. The number of aromatic nitrogens is 1. The first-order chi connectivity index (χ1) is 7.34. The summed E-state index contributed by atoms with van der Waals surface area (Å²) in [5.74, 6) is 0.892. The summed E-state index contributed by atoms with van der Waals surface area (Å²) >= 11 is 1.68. The van der Waals surface area contributed by atoms with Gasteiger partial charge in [0.1, 0.15) is 0 Å². The van der Waals surface area contributed by atoms with Crippen molar-refractivity contribution in [3.63, 3.8) is 0 Å². The summed E-state index contributed by atoms with van der Waals surface area (Å²) in [5, 5.41) is 5.54. The molecule has 3 nitrogen and oxygen atoms in total. The van der Waals surface area contributed by atoms with Gasteiger partial charge in [-0.05, 0) is 45.4 Å². The van der Waals surface area contributed by atoms with Crippen molar-refractivity contribution < 1.29 is 0 Å². The first kappa shape index (κ1) is 11.0. The number of rotatable bonds is 5. The Morgan fingerprint density at radius 3 is 3.27 bits per heavy atom. The molecule has 1 aromatic heterocycles. The summed E-state index contributed by atoms with van der Waals surface area (Å²) in [6, 6.07) is 0. The largest absolute Gasteiger partial charge is 0.316 e. The van der Waals surface area contributed by atoms with Gasteiger partial charge in [0, 0.05) is 11.9 Å². The topological polar surface area (TPSA) is 28.2 Å². The molecule has 84 valence electrons. The highest BCUT2D eigenvalue weighted by Crippen LogP contribution is 2.13. The third-order valence-electron chi connectivity index (χ3n) is 3.00. The Labute approximate surface area is 95.5 Å². The molecule has 0 spiro atoms. The predicted molar refractivity (Wildman–Crippen MR) is 64.0 cm³/mol. The molecule has 0 saturated carbocycles. The van der Waals surface area contributed by atoms with Gasteiger partial charge in [-0.1, -0.05) is 0 Å². The Hall–Kier alpha value is -0.450. The quantitative estimate of drug-likeness (QED) is 0.824. The third-order valence-corrected chi connectivity index (χ3v) is 3.63. The van der Waals surface area contributed by atoms with Crippen LogP contribution in [0.2, 0.25) is 0 Å². The van der Waals surface area contributed by atoms with E-state index in [-0.39, 0.29) is 0 Å². The molecule has 1 aliphatic rings. The molecule has 2 rings (SSSR count). The van der Waals surface area contributed by atoms with Crippen LogP contribution < -0.4 is 5.32 Å². The van der Waals surface area contributed by atoms with Gasteiger partial charge in [0.05, 0.1) is 11.2 Å². The second-order valence-corrected chi connectivity index (χ2v) is 5.08. The molecule has 4 heteroatoms. The molecule has 1 unspecified atom stereocenters. The van der Waals surface area contributed by atoms with Crippen LogP contribution in [0.15, 0.2) is 10.9 Å². The molecule has 0 bridgehead atoms. The van der Waals surface area contributed by atoms with E-state index in [9.17, 15) is 0 Å². The summed E-state index contributed by atoms with van der Waals surface area (Å²) < 4.78 is 0. The van der Waals surface area contributed by atoms with Crippen LogP contribution in [0, 0.1) is 5.92 Å². The second kappa shape index (κ2) is 5.58. The van der Waals surface area contributed by atoms with Crippen molar-refractivity contribution in [2.75, 3.05) is 26.7 Å². The Balaban J connectivity index is 1.66. The van der Waals surface area contributed by atoms with E-state index >= 15 is 0 Å². The molecule has 0 aliphatic carbocycles. The SMILES string of the molecule is CN(CCC1CCNC1)Cc1cscn1. The first-order valence-electron chi connectivity index (χ1n) is 5.61. The smallest absolute Gasteiger partial charge is 0.0795 e. The van der Waals surface area contributed by atoms with Gasteiger partial charge in [0.2, 0.25) is 0 Å². The van der Waals surface area contributed by atoms with Gasteiger partial charge in [-0.2, -0.15) is 0 Å². The molecule has 1 aromatic rings. The molecular weight excluding hydrogens is 206 g/mol. The minimum atomic E-state index is 0.892. The van der Waals surface area contributed by atoms with Crippen LogP contribution in [0.25, 0.3) is 0 Å². The minimum absolute atomic E-state index is 0.892. The molecule has 1 saturated heterocycles. The van der Waals surface area contributed by atoms with Crippen LogP contribution in [0.5, 0.6) is 0 Å². The maximum Gasteiger partial charge on any atom is 0.0795 e. The summed E-state index contributed by atoms with van der Waals surface area (Å²) in [7, 11) is 2.18. The molecule has 0 radical (unpaired) electrons. The van der Waals surface area contributed by atoms with Gasteiger partial charge in [0.15, 0.2) is 0 Å². The highest BCUT2D eigenvalue weighted by atomic mass is 32.1. The van der Waals surface area contributed by atoms with Gasteiger partial charge in [-0.25, -0.2) is 4.98 Å². The van der Waals surface area contributed by atoms with Crippen molar-refractivity contribution in [2.24, 2.45) is 5.92 Å². The van der Waals surface area contributed by atoms with Crippen molar-refractivity contribution in [3.8, 4) is 0 Å². The predicted octanol–water partition coefficient (Wildman–Crippen LogP) is 1.57. The van der Waals surface area contributed by atoms with E-state index in [4.69, 9.17) is 0 Å². The van der Waals surface area contributed by atoms with E-state index in [2.05, 4.69) is 27.6 Å². The van der Waals surface area contributed by atoms with E-state index in [1.54, 1.807) is 11.3 Å². The van der Waals surface area contributed by atoms with Crippen molar-refractivity contribution in [2.45, 2.75) is 19.4 Å². The highest BCUT2D eigenvalue weighted by Gasteiger charge is 2.14. The number of hydrogen-bond acceptors (Lipinski definition) is 4. The fourth-order valence-corrected chi connectivity index (χ4v) is 2.58. The molecule has 2 heterocycles. The Morgan fingerprint density at radius 2 is 2.60 bits per heavy atom. The van der Waals surface area contributed by atoms with E-state index in [0.717, 1.165) is 12.5 Å². The van der Waals surface area contributed by atoms with Crippen LogP contribution in [0.4, 0.5) is 0 Å². The Kier molecular flexibility index (Phi) is 4.11. The molecule has 1 atom stereocenters. The zero-order valence-electron chi connectivity index (χ0n) is 9.28. The van der Waals surface area contributed by atoms with Gasteiger partial charge >= 0.3 is 0 Å². The molecule has 15 heavy (non-hydrogen) atoms. The average Bonchev–Trinajstić information content (AvgIpc) is 2.86. The zero-order valence-corrected chi connectivity index (χ0v) is 10.1. The zero-order chi connectivity index (χ0) is 10.5. The minimum Gasteiger partial charge on any atom is -0.316 e. The maximum atomic E-state index is 4.30.